The average molecular weight is 375 g/mol. The monoisotopic (exact) mass is 374 g/mol. The number of rotatable bonds is 8. The zero-order valence-electron chi connectivity index (χ0n) is 14.8. The first kappa shape index (κ1) is 18.4. The topological polar surface area (TPSA) is 94.7 Å². The Labute approximate surface area is 158 Å². The summed E-state index contributed by atoms with van der Waals surface area (Å²) < 4.78 is 1.71. The summed E-state index contributed by atoms with van der Waals surface area (Å²) in [4.78, 5) is 11.1. The van der Waals surface area contributed by atoms with Crippen LogP contribution in [-0.2, 0) is 7.05 Å². The number of hydrogen-bond donors (Lipinski definition) is 2. The zero-order chi connectivity index (χ0) is 18.4. The maximum Gasteiger partial charge on any atom is 0.229 e. The van der Waals surface area contributed by atoms with E-state index in [1.165, 1.54) is 6.42 Å². The van der Waals surface area contributed by atoms with Crippen molar-refractivity contribution in [3.63, 3.8) is 0 Å². The molecule has 1 fully saturated rings. The summed E-state index contributed by atoms with van der Waals surface area (Å²) in [6.45, 7) is 2.82. The van der Waals surface area contributed by atoms with Gasteiger partial charge in [0.2, 0.25) is 5.95 Å². The Morgan fingerprint density at radius 1 is 1.42 bits per heavy atom. The van der Waals surface area contributed by atoms with Gasteiger partial charge in [-0.1, -0.05) is 11.6 Å². The summed E-state index contributed by atoms with van der Waals surface area (Å²) in [5.74, 6) is 1.10. The molecule has 0 spiro atoms. The molecule has 1 aliphatic rings. The van der Waals surface area contributed by atoms with Crippen molar-refractivity contribution < 1.29 is 0 Å². The van der Waals surface area contributed by atoms with E-state index in [1.807, 2.05) is 13.2 Å². The highest BCUT2D eigenvalue weighted by Gasteiger charge is 2.24. The van der Waals surface area contributed by atoms with E-state index in [0.717, 1.165) is 38.2 Å². The lowest BCUT2D eigenvalue weighted by Gasteiger charge is -2.24. The fraction of sp³-hybridized carbons (Fsp3) is 0.529. The second-order valence-corrected chi connectivity index (χ2v) is 6.80. The smallest absolute Gasteiger partial charge is 0.229 e. The third-order valence-electron chi connectivity index (χ3n) is 4.44. The van der Waals surface area contributed by atoms with Gasteiger partial charge in [-0.15, -0.1) is 0 Å². The van der Waals surface area contributed by atoms with Crippen LogP contribution in [-0.4, -0.2) is 50.3 Å². The van der Waals surface area contributed by atoms with Gasteiger partial charge in [0.1, 0.15) is 5.02 Å². The van der Waals surface area contributed by atoms with Gasteiger partial charge in [0.05, 0.1) is 24.2 Å². The van der Waals surface area contributed by atoms with Crippen molar-refractivity contribution in [3.8, 4) is 6.07 Å². The van der Waals surface area contributed by atoms with Crippen LogP contribution in [0.3, 0.4) is 0 Å². The predicted octanol–water partition coefficient (Wildman–Crippen LogP) is 2.79. The molecule has 0 amide bonds. The summed E-state index contributed by atoms with van der Waals surface area (Å²) in [5.41, 5.74) is 0.820. The molecule has 1 aliphatic heterocycles. The summed E-state index contributed by atoms with van der Waals surface area (Å²) in [6, 6.07) is 2.65. The van der Waals surface area contributed by atoms with Crippen molar-refractivity contribution in [2.75, 3.05) is 30.3 Å². The lowest BCUT2D eigenvalue weighted by molar-refractivity contribution is 0.260. The molecule has 1 atom stereocenters. The Morgan fingerprint density at radius 2 is 2.31 bits per heavy atom. The second kappa shape index (κ2) is 8.83. The lowest BCUT2D eigenvalue weighted by Crippen LogP contribution is -2.35. The van der Waals surface area contributed by atoms with Gasteiger partial charge in [0, 0.05) is 32.3 Å². The second-order valence-electron chi connectivity index (χ2n) is 6.39. The maximum atomic E-state index is 8.70. The summed E-state index contributed by atoms with van der Waals surface area (Å²) in [7, 11) is 1.85. The van der Waals surface area contributed by atoms with Gasteiger partial charge in [-0.25, -0.2) is 4.98 Å². The molecule has 2 aromatic rings. The fourth-order valence-corrected chi connectivity index (χ4v) is 3.32. The minimum atomic E-state index is 0.439. The molecule has 8 nitrogen and oxygen atoms in total. The largest absolute Gasteiger partial charge is 0.367 e. The van der Waals surface area contributed by atoms with Crippen molar-refractivity contribution in [1.82, 2.24) is 24.6 Å². The molecule has 2 N–H and O–H groups in total. The first-order chi connectivity index (χ1) is 12.7. The Morgan fingerprint density at radius 3 is 3.08 bits per heavy atom. The van der Waals surface area contributed by atoms with E-state index in [0.29, 0.717) is 29.3 Å². The number of aryl methyl sites for hydroxylation is 1. The predicted molar refractivity (Wildman–Crippen MR) is 101 cm³/mol. The van der Waals surface area contributed by atoms with Gasteiger partial charge < -0.3 is 10.6 Å². The molecule has 3 heterocycles. The number of aromatic nitrogens is 4. The highest BCUT2D eigenvalue weighted by atomic mass is 35.5. The van der Waals surface area contributed by atoms with Crippen LogP contribution in [0.2, 0.25) is 5.02 Å². The minimum absolute atomic E-state index is 0.439. The van der Waals surface area contributed by atoms with Crippen molar-refractivity contribution in [3.05, 3.63) is 23.6 Å². The number of nitrogens with zero attached hydrogens (tertiary/aromatic N) is 6. The van der Waals surface area contributed by atoms with Crippen molar-refractivity contribution in [2.24, 2.45) is 7.05 Å². The third-order valence-corrected chi connectivity index (χ3v) is 4.72. The number of unbranched alkanes of at least 4 members (excludes halogenated alkanes) is 1. The van der Waals surface area contributed by atoms with Gasteiger partial charge in [-0.2, -0.15) is 15.3 Å². The molecule has 1 saturated heterocycles. The standard InChI is InChI=1S/C17H23ClN8/c1-25-12-13(9-22-25)23-17-21-11-15(18)16(24-17)20-10-14-5-4-8-26(14)7-3-2-6-19/h9,11-12,14H,2-5,7-8,10H2,1H3,(H2,20,21,23,24)/t14-/m1/s1. The Balaban J connectivity index is 1.58. The molecule has 2 aromatic heterocycles. The Bertz CT molecular complexity index is 768. The van der Waals surface area contributed by atoms with Gasteiger partial charge in [0.15, 0.2) is 5.82 Å². The van der Waals surface area contributed by atoms with E-state index >= 15 is 0 Å². The zero-order valence-corrected chi connectivity index (χ0v) is 15.6. The number of nitriles is 1. The van der Waals surface area contributed by atoms with Gasteiger partial charge in [-0.3, -0.25) is 9.58 Å². The van der Waals surface area contributed by atoms with Crippen LogP contribution >= 0.6 is 11.6 Å². The van der Waals surface area contributed by atoms with Crippen molar-refractivity contribution in [2.45, 2.75) is 31.7 Å². The Hall–Kier alpha value is -2.37. The summed E-state index contributed by atoms with van der Waals surface area (Å²) in [5, 5.41) is 19.8. The molecule has 0 radical (unpaired) electrons. The van der Waals surface area contributed by atoms with E-state index < -0.39 is 0 Å². The molecule has 0 aromatic carbocycles. The van der Waals surface area contributed by atoms with E-state index in [-0.39, 0.29) is 0 Å². The van der Waals surface area contributed by atoms with Crippen LogP contribution in [0.15, 0.2) is 18.6 Å². The molecule has 0 saturated carbocycles. The molecule has 138 valence electrons. The molecular weight excluding hydrogens is 352 g/mol. The normalized spacial score (nSPS) is 17.2. The van der Waals surface area contributed by atoms with Gasteiger partial charge >= 0.3 is 0 Å². The molecule has 3 rings (SSSR count). The summed E-state index contributed by atoms with van der Waals surface area (Å²) in [6.07, 6.45) is 9.01. The van der Waals surface area contributed by atoms with Crippen LogP contribution in [0.4, 0.5) is 17.5 Å². The molecule has 0 aliphatic carbocycles. The first-order valence-electron chi connectivity index (χ1n) is 8.79. The molecule has 26 heavy (non-hydrogen) atoms. The fourth-order valence-electron chi connectivity index (χ4n) is 3.16. The maximum absolute atomic E-state index is 8.70. The van der Waals surface area contributed by atoms with E-state index in [4.69, 9.17) is 16.9 Å². The molecule has 0 bridgehead atoms. The summed E-state index contributed by atoms with van der Waals surface area (Å²) >= 11 is 6.25. The number of likely N-dealkylation sites (tertiary alicyclic amines) is 1. The van der Waals surface area contributed by atoms with Crippen LogP contribution in [0.25, 0.3) is 0 Å². The van der Waals surface area contributed by atoms with E-state index in [2.05, 4.69) is 36.7 Å². The van der Waals surface area contributed by atoms with Crippen LogP contribution in [0.1, 0.15) is 25.7 Å². The molecule has 0 unspecified atom stereocenters. The number of anilines is 3. The first-order valence-corrected chi connectivity index (χ1v) is 9.16. The van der Waals surface area contributed by atoms with E-state index in [9.17, 15) is 0 Å². The number of hydrogen-bond acceptors (Lipinski definition) is 7. The van der Waals surface area contributed by atoms with Crippen molar-refractivity contribution >= 4 is 29.1 Å². The van der Waals surface area contributed by atoms with Crippen LogP contribution in [0.5, 0.6) is 0 Å². The van der Waals surface area contributed by atoms with Crippen molar-refractivity contribution in [1.29, 1.82) is 5.26 Å². The SMILES string of the molecule is Cn1cc(Nc2ncc(Cl)c(NC[C@H]3CCCN3CCCC#N)n2)cn1. The Kier molecular flexibility index (Phi) is 6.26. The van der Waals surface area contributed by atoms with Gasteiger partial charge in [-0.05, 0) is 32.4 Å². The van der Waals surface area contributed by atoms with Gasteiger partial charge in [0.25, 0.3) is 0 Å². The lowest BCUT2D eigenvalue weighted by atomic mass is 10.2. The number of nitrogens with one attached hydrogen (secondary N) is 2. The average Bonchev–Trinajstić information content (AvgIpc) is 3.24. The highest BCUT2D eigenvalue weighted by Crippen LogP contribution is 2.23. The van der Waals surface area contributed by atoms with Crippen LogP contribution in [0, 0.1) is 11.3 Å². The minimum Gasteiger partial charge on any atom is -0.367 e. The molecule has 9 heteroatoms. The molecular formula is C17H23ClN8. The van der Waals surface area contributed by atoms with E-state index in [1.54, 1.807) is 17.1 Å². The number of halogens is 1. The highest BCUT2D eigenvalue weighted by molar-refractivity contribution is 6.32. The van der Waals surface area contributed by atoms with Crippen LogP contribution < -0.4 is 10.6 Å². The quantitative estimate of drug-likeness (QED) is 0.686. The third kappa shape index (κ3) is 4.84.